The maximum atomic E-state index is 12.7. The molecular formula is C12H15FN4O. The fourth-order valence-electron chi connectivity index (χ4n) is 1.64. The van der Waals surface area contributed by atoms with Crippen molar-refractivity contribution in [3.05, 3.63) is 30.0 Å². The number of pyridine rings is 1. The highest BCUT2D eigenvalue weighted by molar-refractivity contribution is 5.45. The molecule has 0 radical (unpaired) electrons. The quantitative estimate of drug-likeness (QED) is 0.876. The smallest absolute Gasteiger partial charge is 0.276 e. The van der Waals surface area contributed by atoms with Crippen molar-refractivity contribution < 1.29 is 8.91 Å². The van der Waals surface area contributed by atoms with Crippen LogP contribution >= 0.6 is 0 Å². The molecule has 5 nitrogen and oxygen atoms in total. The van der Waals surface area contributed by atoms with E-state index in [4.69, 9.17) is 4.52 Å². The van der Waals surface area contributed by atoms with Gasteiger partial charge in [-0.25, -0.2) is 9.37 Å². The Morgan fingerprint density at radius 3 is 2.94 bits per heavy atom. The van der Waals surface area contributed by atoms with E-state index in [1.807, 2.05) is 6.92 Å². The van der Waals surface area contributed by atoms with E-state index >= 15 is 0 Å². The Morgan fingerprint density at radius 2 is 2.28 bits per heavy atom. The van der Waals surface area contributed by atoms with Crippen molar-refractivity contribution >= 4 is 0 Å². The predicted octanol–water partition coefficient (Wildman–Crippen LogP) is 1.81. The van der Waals surface area contributed by atoms with Crippen LogP contribution in [0.25, 0.3) is 11.6 Å². The minimum Gasteiger partial charge on any atom is -0.332 e. The maximum absolute atomic E-state index is 12.7. The molecule has 2 rings (SSSR count). The first-order chi connectivity index (χ1) is 8.69. The molecule has 0 bridgehead atoms. The van der Waals surface area contributed by atoms with Gasteiger partial charge in [0.1, 0.15) is 11.5 Å². The number of likely N-dealkylation sites (N-methyl/N-ethyl adjacent to an activating group) is 1. The van der Waals surface area contributed by atoms with Crippen molar-refractivity contribution in [3.8, 4) is 11.6 Å². The summed E-state index contributed by atoms with van der Waals surface area (Å²) in [5.74, 6) is 0.539. The molecule has 1 atom stereocenters. The average Bonchev–Trinajstić information content (AvgIpc) is 2.78. The van der Waals surface area contributed by atoms with Gasteiger partial charge in [-0.15, -0.1) is 0 Å². The van der Waals surface area contributed by atoms with Crippen molar-refractivity contribution in [2.24, 2.45) is 0 Å². The molecule has 0 saturated carbocycles. The third-order valence-electron chi connectivity index (χ3n) is 2.46. The first kappa shape index (κ1) is 12.6. The summed E-state index contributed by atoms with van der Waals surface area (Å²) in [7, 11) is 0. The van der Waals surface area contributed by atoms with Gasteiger partial charge in [0.2, 0.25) is 0 Å². The molecule has 0 aliphatic heterocycles. The second-order valence-electron chi connectivity index (χ2n) is 4.04. The molecule has 2 aromatic heterocycles. The Bertz CT molecular complexity index is 497. The summed E-state index contributed by atoms with van der Waals surface area (Å²) in [4.78, 5) is 8.12. The molecule has 18 heavy (non-hydrogen) atoms. The Kier molecular flexibility index (Phi) is 3.99. The number of hydrogen-bond donors (Lipinski definition) is 1. The van der Waals surface area contributed by atoms with E-state index in [0.717, 1.165) is 12.7 Å². The van der Waals surface area contributed by atoms with E-state index < -0.39 is 0 Å². The third-order valence-corrected chi connectivity index (χ3v) is 2.46. The summed E-state index contributed by atoms with van der Waals surface area (Å²) in [5, 5.41) is 7.14. The van der Waals surface area contributed by atoms with Crippen LogP contribution in [0.3, 0.4) is 0 Å². The zero-order valence-electron chi connectivity index (χ0n) is 10.4. The van der Waals surface area contributed by atoms with Crippen molar-refractivity contribution in [2.45, 2.75) is 26.3 Å². The lowest BCUT2D eigenvalue weighted by Gasteiger charge is -2.08. The molecule has 0 fully saturated rings. The number of halogens is 1. The molecule has 0 aliphatic carbocycles. The van der Waals surface area contributed by atoms with Crippen molar-refractivity contribution in [3.63, 3.8) is 0 Å². The van der Waals surface area contributed by atoms with Crippen molar-refractivity contribution in [1.29, 1.82) is 0 Å². The minimum atomic E-state index is -0.390. The summed E-state index contributed by atoms with van der Waals surface area (Å²) >= 11 is 0. The number of aromatic nitrogens is 3. The van der Waals surface area contributed by atoms with Gasteiger partial charge < -0.3 is 9.84 Å². The zero-order chi connectivity index (χ0) is 13.0. The second-order valence-corrected chi connectivity index (χ2v) is 4.04. The molecule has 0 spiro atoms. The topological polar surface area (TPSA) is 63.8 Å². The predicted molar refractivity (Wildman–Crippen MR) is 64.3 cm³/mol. The average molecular weight is 250 g/mol. The molecule has 0 aromatic carbocycles. The highest BCUT2D eigenvalue weighted by Crippen LogP contribution is 2.14. The number of rotatable bonds is 5. The van der Waals surface area contributed by atoms with Crippen molar-refractivity contribution in [2.75, 3.05) is 6.54 Å². The van der Waals surface area contributed by atoms with Gasteiger partial charge in [-0.05, 0) is 25.6 Å². The van der Waals surface area contributed by atoms with Crippen LogP contribution in [0.5, 0.6) is 0 Å². The monoisotopic (exact) mass is 250 g/mol. The Balaban J connectivity index is 2.08. The van der Waals surface area contributed by atoms with Crippen LogP contribution in [0.2, 0.25) is 0 Å². The Morgan fingerprint density at radius 1 is 1.44 bits per heavy atom. The minimum absolute atomic E-state index is 0.279. The van der Waals surface area contributed by atoms with Crippen LogP contribution < -0.4 is 5.32 Å². The van der Waals surface area contributed by atoms with Crippen LogP contribution in [-0.4, -0.2) is 27.7 Å². The lowest BCUT2D eigenvalue weighted by atomic mass is 10.2. The molecule has 2 heterocycles. The summed E-state index contributed by atoms with van der Waals surface area (Å²) in [6, 6.07) is 3.11. The van der Waals surface area contributed by atoms with Gasteiger partial charge in [-0.3, -0.25) is 0 Å². The van der Waals surface area contributed by atoms with E-state index in [2.05, 4.69) is 27.4 Å². The van der Waals surface area contributed by atoms with Crippen LogP contribution in [0, 0.1) is 5.82 Å². The standard InChI is InChI=1S/C12H15FN4O/c1-3-14-8(2)6-11-16-12(18-17-11)10-5-4-9(13)7-15-10/h4-5,7-8,14H,3,6H2,1-2H3/t8-/m0/s1. The highest BCUT2D eigenvalue weighted by atomic mass is 19.1. The lowest BCUT2D eigenvalue weighted by Crippen LogP contribution is -2.27. The fraction of sp³-hybridized carbons (Fsp3) is 0.417. The van der Waals surface area contributed by atoms with Gasteiger partial charge >= 0.3 is 0 Å². The van der Waals surface area contributed by atoms with E-state index in [1.165, 1.54) is 12.1 Å². The molecule has 0 aliphatic rings. The summed E-state index contributed by atoms with van der Waals surface area (Å²) < 4.78 is 17.8. The zero-order valence-corrected chi connectivity index (χ0v) is 10.4. The summed E-state index contributed by atoms with van der Waals surface area (Å²) in [6.45, 7) is 4.99. The molecule has 2 aromatic rings. The molecule has 6 heteroatoms. The van der Waals surface area contributed by atoms with E-state index in [9.17, 15) is 4.39 Å². The molecule has 0 saturated heterocycles. The first-order valence-electron chi connectivity index (χ1n) is 5.87. The van der Waals surface area contributed by atoms with Crippen LogP contribution in [0.15, 0.2) is 22.9 Å². The molecule has 96 valence electrons. The Labute approximate surface area is 104 Å². The fourth-order valence-corrected chi connectivity index (χ4v) is 1.64. The van der Waals surface area contributed by atoms with Gasteiger partial charge in [0, 0.05) is 12.5 Å². The van der Waals surface area contributed by atoms with Crippen LogP contribution in [0.4, 0.5) is 4.39 Å². The number of nitrogens with zero attached hydrogens (tertiary/aromatic N) is 3. The molecule has 0 unspecified atom stereocenters. The number of hydrogen-bond acceptors (Lipinski definition) is 5. The third kappa shape index (κ3) is 3.10. The molecule has 0 amide bonds. The number of nitrogens with one attached hydrogen (secondary N) is 1. The highest BCUT2D eigenvalue weighted by Gasteiger charge is 2.12. The Hall–Kier alpha value is -1.82. The molecular weight excluding hydrogens is 235 g/mol. The largest absolute Gasteiger partial charge is 0.332 e. The lowest BCUT2D eigenvalue weighted by molar-refractivity contribution is 0.416. The van der Waals surface area contributed by atoms with Gasteiger partial charge in [0.25, 0.3) is 5.89 Å². The van der Waals surface area contributed by atoms with E-state index in [0.29, 0.717) is 23.8 Å². The van der Waals surface area contributed by atoms with Gasteiger partial charge in [0.05, 0.1) is 6.20 Å². The SMILES string of the molecule is CCN[C@@H](C)Cc1noc(-c2ccc(F)cn2)n1. The molecule has 1 N–H and O–H groups in total. The van der Waals surface area contributed by atoms with Crippen LogP contribution in [0.1, 0.15) is 19.7 Å². The summed E-state index contributed by atoms with van der Waals surface area (Å²) in [6.07, 6.45) is 1.80. The van der Waals surface area contributed by atoms with Gasteiger partial charge in [-0.2, -0.15) is 4.98 Å². The van der Waals surface area contributed by atoms with E-state index in [1.54, 1.807) is 0 Å². The maximum Gasteiger partial charge on any atom is 0.276 e. The van der Waals surface area contributed by atoms with E-state index in [-0.39, 0.29) is 11.9 Å². The normalized spacial score (nSPS) is 12.6. The summed E-state index contributed by atoms with van der Waals surface area (Å²) in [5.41, 5.74) is 0.478. The first-order valence-corrected chi connectivity index (χ1v) is 5.87. The van der Waals surface area contributed by atoms with Crippen molar-refractivity contribution in [1.82, 2.24) is 20.4 Å². The second kappa shape index (κ2) is 5.68. The van der Waals surface area contributed by atoms with Gasteiger partial charge in [-0.1, -0.05) is 12.1 Å². The van der Waals surface area contributed by atoms with Gasteiger partial charge in [0.15, 0.2) is 5.82 Å². The van der Waals surface area contributed by atoms with Crippen LogP contribution in [-0.2, 0) is 6.42 Å².